The third-order valence-electron chi connectivity index (χ3n) is 1.53. The first kappa shape index (κ1) is 9.20. The first-order valence-electron chi connectivity index (χ1n) is 3.66. The Hall–Kier alpha value is 0.110. The fraction of sp³-hybridized carbons (Fsp3) is 0.625. The summed E-state index contributed by atoms with van der Waals surface area (Å²) in [5.41, 5.74) is 1.18. The monoisotopic (exact) mass is 233 g/mol. The van der Waals surface area contributed by atoms with Crippen LogP contribution in [-0.2, 0) is 6.42 Å². The zero-order valence-electron chi connectivity index (χ0n) is 7.02. The Morgan fingerprint density at radius 2 is 2.18 bits per heavy atom. The Kier molecular flexibility index (Phi) is 3.07. The van der Waals surface area contributed by atoms with Gasteiger partial charge in [0.1, 0.15) is 0 Å². The molecule has 1 unspecified atom stereocenters. The van der Waals surface area contributed by atoms with Gasteiger partial charge in [-0.15, -0.1) is 11.3 Å². The molecule has 1 aromatic heterocycles. The van der Waals surface area contributed by atoms with E-state index in [-0.39, 0.29) is 0 Å². The van der Waals surface area contributed by atoms with E-state index >= 15 is 0 Å². The molecule has 1 rings (SSSR count). The minimum Gasteiger partial charge on any atom is -0.246 e. The van der Waals surface area contributed by atoms with Crippen LogP contribution in [0, 0.1) is 13.8 Å². The molecule has 3 heteroatoms. The molecule has 0 spiro atoms. The number of aromatic nitrogens is 1. The van der Waals surface area contributed by atoms with Crippen LogP contribution in [0.15, 0.2) is 0 Å². The van der Waals surface area contributed by atoms with Gasteiger partial charge in [0.25, 0.3) is 0 Å². The summed E-state index contributed by atoms with van der Waals surface area (Å²) in [6.07, 6.45) is 1.04. The van der Waals surface area contributed by atoms with Crippen LogP contribution in [0.1, 0.15) is 22.5 Å². The van der Waals surface area contributed by atoms with Crippen LogP contribution in [0.25, 0.3) is 0 Å². The molecule has 62 valence electrons. The fourth-order valence-corrected chi connectivity index (χ4v) is 2.45. The van der Waals surface area contributed by atoms with Gasteiger partial charge in [0, 0.05) is 16.1 Å². The Bertz CT molecular complexity index is 223. The number of alkyl halides is 1. The second kappa shape index (κ2) is 3.68. The van der Waals surface area contributed by atoms with Crippen molar-refractivity contribution in [2.24, 2.45) is 0 Å². The van der Waals surface area contributed by atoms with E-state index in [4.69, 9.17) is 0 Å². The van der Waals surface area contributed by atoms with Crippen LogP contribution < -0.4 is 0 Å². The number of hydrogen-bond acceptors (Lipinski definition) is 2. The lowest BCUT2D eigenvalue weighted by atomic mass is 10.3. The second-order valence-corrected chi connectivity index (χ2v) is 5.58. The van der Waals surface area contributed by atoms with E-state index in [0.29, 0.717) is 4.83 Å². The first-order chi connectivity index (χ1) is 5.09. The molecule has 0 fully saturated rings. The van der Waals surface area contributed by atoms with Gasteiger partial charge in [-0.25, -0.2) is 4.98 Å². The normalized spacial score (nSPS) is 13.5. The highest BCUT2D eigenvalue weighted by atomic mass is 79.9. The predicted octanol–water partition coefficient (Wildman–Crippen LogP) is 3.09. The molecule has 0 aromatic carbocycles. The number of hydrogen-bond donors (Lipinski definition) is 0. The Morgan fingerprint density at radius 3 is 2.55 bits per heavy atom. The average Bonchev–Trinajstić information content (AvgIpc) is 2.10. The summed E-state index contributed by atoms with van der Waals surface area (Å²) < 4.78 is 0. The van der Waals surface area contributed by atoms with Crippen molar-refractivity contribution in [1.82, 2.24) is 4.98 Å². The fourth-order valence-electron chi connectivity index (χ4n) is 0.867. The predicted molar refractivity (Wildman–Crippen MR) is 53.7 cm³/mol. The summed E-state index contributed by atoms with van der Waals surface area (Å²) in [7, 11) is 0. The Morgan fingerprint density at radius 1 is 1.55 bits per heavy atom. The smallest absolute Gasteiger partial charge is 0.0941 e. The molecule has 0 saturated carbocycles. The molecule has 0 amide bonds. The minimum absolute atomic E-state index is 0.535. The van der Waals surface area contributed by atoms with Gasteiger partial charge in [0.2, 0.25) is 0 Å². The van der Waals surface area contributed by atoms with Crippen molar-refractivity contribution in [2.75, 3.05) is 0 Å². The summed E-state index contributed by atoms with van der Waals surface area (Å²) in [6.45, 7) is 6.33. The van der Waals surface area contributed by atoms with Crippen LogP contribution in [-0.4, -0.2) is 9.81 Å². The van der Waals surface area contributed by atoms with E-state index in [0.717, 1.165) is 6.42 Å². The highest BCUT2D eigenvalue weighted by Crippen LogP contribution is 2.19. The van der Waals surface area contributed by atoms with Gasteiger partial charge in [-0.1, -0.05) is 22.9 Å². The van der Waals surface area contributed by atoms with Crippen LogP contribution >= 0.6 is 27.3 Å². The van der Waals surface area contributed by atoms with Crippen LogP contribution in [0.3, 0.4) is 0 Å². The van der Waals surface area contributed by atoms with Gasteiger partial charge in [-0.2, -0.15) is 0 Å². The van der Waals surface area contributed by atoms with Gasteiger partial charge in [-0.3, -0.25) is 0 Å². The highest BCUT2D eigenvalue weighted by molar-refractivity contribution is 9.09. The van der Waals surface area contributed by atoms with Crippen LogP contribution in [0.2, 0.25) is 0 Å². The number of aryl methyl sites for hydroxylation is 2. The quantitative estimate of drug-likeness (QED) is 0.716. The number of thiazole rings is 1. The third kappa shape index (κ3) is 2.56. The summed E-state index contributed by atoms with van der Waals surface area (Å²) in [6, 6.07) is 0. The molecule has 0 saturated heterocycles. The lowest BCUT2D eigenvalue weighted by Gasteiger charge is -1.95. The average molecular weight is 234 g/mol. The molecule has 1 atom stereocenters. The Labute approximate surface area is 80.0 Å². The first-order valence-corrected chi connectivity index (χ1v) is 5.40. The van der Waals surface area contributed by atoms with Gasteiger partial charge < -0.3 is 0 Å². The Balaban J connectivity index is 2.73. The van der Waals surface area contributed by atoms with Crippen molar-refractivity contribution in [1.29, 1.82) is 0 Å². The van der Waals surface area contributed by atoms with Crippen molar-refractivity contribution in [3.05, 3.63) is 15.6 Å². The topological polar surface area (TPSA) is 12.9 Å². The number of rotatable bonds is 2. The maximum absolute atomic E-state index is 4.44. The summed E-state index contributed by atoms with van der Waals surface area (Å²) >= 11 is 5.31. The second-order valence-electron chi connectivity index (χ2n) is 2.73. The SMILES string of the molecule is Cc1nc(CC(C)Br)sc1C. The van der Waals surface area contributed by atoms with Gasteiger partial charge >= 0.3 is 0 Å². The molecule has 1 aromatic rings. The van der Waals surface area contributed by atoms with Crippen molar-refractivity contribution in [2.45, 2.75) is 32.0 Å². The molecular weight excluding hydrogens is 222 g/mol. The van der Waals surface area contributed by atoms with E-state index in [2.05, 4.69) is 41.7 Å². The van der Waals surface area contributed by atoms with Crippen LogP contribution in [0.4, 0.5) is 0 Å². The maximum Gasteiger partial charge on any atom is 0.0941 e. The molecule has 0 aliphatic heterocycles. The molecule has 1 nitrogen and oxygen atoms in total. The maximum atomic E-state index is 4.44. The molecule has 0 radical (unpaired) electrons. The van der Waals surface area contributed by atoms with Crippen molar-refractivity contribution in [3.8, 4) is 0 Å². The van der Waals surface area contributed by atoms with E-state index in [9.17, 15) is 0 Å². The molecule has 0 aliphatic rings. The highest BCUT2D eigenvalue weighted by Gasteiger charge is 2.05. The van der Waals surface area contributed by atoms with E-state index in [1.54, 1.807) is 11.3 Å². The van der Waals surface area contributed by atoms with Gasteiger partial charge in [-0.05, 0) is 13.8 Å². The van der Waals surface area contributed by atoms with E-state index < -0.39 is 0 Å². The largest absolute Gasteiger partial charge is 0.246 e. The van der Waals surface area contributed by atoms with E-state index in [1.165, 1.54) is 15.6 Å². The lowest BCUT2D eigenvalue weighted by molar-refractivity contribution is 0.936. The zero-order valence-corrected chi connectivity index (χ0v) is 9.42. The van der Waals surface area contributed by atoms with Crippen LogP contribution in [0.5, 0.6) is 0 Å². The van der Waals surface area contributed by atoms with Crippen molar-refractivity contribution < 1.29 is 0 Å². The summed E-state index contributed by atoms with van der Waals surface area (Å²) in [4.78, 5) is 6.31. The minimum atomic E-state index is 0.535. The third-order valence-corrected chi connectivity index (χ3v) is 2.95. The van der Waals surface area contributed by atoms with Crippen molar-refractivity contribution in [3.63, 3.8) is 0 Å². The lowest BCUT2D eigenvalue weighted by Crippen LogP contribution is -1.95. The molecule has 0 N–H and O–H groups in total. The molecule has 0 aliphatic carbocycles. The standard InChI is InChI=1S/C8H12BrNS/c1-5(9)4-8-10-6(2)7(3)11-8/h5H,4H2,1-3H3. The van der Waals surface area contributed by atoms with Gasteiger partial charge in [0.15, 0.2) is 0 Å². The van der Waals surface area contributed by atoms with Gasteiger partial charge in [0.05, 0.1) is 10.7 Å². The number of nitrogens with zero attached hydrogens (tertiary/aromatic N) is 1. The summed E-state index contributed by atoms with van der Waals surface area (Å²) in [5, 5.41) is 1.24. The zero-order chi connectivity index (χ0) is 8.43. The molecular formula is C8H12BrNS. The number of halogens is 1. The van der Waals surface area contributed by atoms with Crippen molar-refractivity contribution >= 4 is 27.3 Å². The molecule has 11 heavy (non-hydrogen) atoms. The van der Waals surface area contributed by atoms with E-state index in [1.807, 2.05) is 0 Å². The molecule has 0 bridgehead atoms. The summed E-state index contributed by atoms with van der Waals surface area (Å²) in [5.74, 6) is 0. The molecule has 1 heterocycles.